The van der Waals surface area contributed by atoms with Crippen LogP contribution in [0.4, 0.5) is 11.9 Å². The highest BCUT2D eigenvalue weighted by Crippen LogP contribution is 2.20. The van der Waals surface area contributed by atoms with Gasteiger partial charge in [-0.15, -0.1) is 0 Å². The Bertz CT molecular complexity index is 1260. The highest BCUT2D eigenvalue weighted by atomic mass is 79.9. The zero-order chi connectivity index (χ0) is 20.5. The predicted octanol–water partition coefficient (Wildman–Crippen LogP) is 4.74. The lowest BCUT2D eigenvalue weighted by Crippen LogP contribution is -2.19. The van der Waals surface area contributed by atoms with E-state index in [4.69, 9.17) is 0 Å². The van der Waals surface area contributed by atoms with Crippen molar-refractivity contribution in [1.29, 1.82) is 0 Å². The summed E-state index contributed by atoms with van der Waals surface area (Å²) in [5.41, 5.74) is 5.07. The van der Waals surface area contributed by atoms with E-state index in [-0.39, 0.29) is 5.56 Å². The van der Waals surface area contributed by atoms with Gasteiger partial charge in [-0.1, -0.05) is 39.7 Å². The van der Waals surface area contributed by atoms with Gasteiger partial charge >= 0.3 is 0 Å². The van der Waals surface area contributed by atoms with Gasteiger partial charge in [-0.25, -0.2) is 15.0 Å². The van der Waals surface area contributed by atoms with Crippen molar-refractivity contribution < 1.29 is 0 Å². The number of aromatic amines is 1. The highest BCUT2D eigenvalue weighted by molar-refractivity contribution is 9.10. The van der Waals surface area contributed by atoms with Crippen molar-refractivity contribution in [2.24, 2.45) is 0 Å². The lowest BCUT2D eigenvalue weighted by Gasteiger charge is -2.10. The molecule has 0 radical (unpaired) electrons. The Morgan fingerprint density at radius 1 is 0.966 bits per heavy atom. The Balaban J connectivity index is 1.63. The number of anilines is 2. The molecule has 0 aliphatic carbocycles. The van der Waals surface area contributed by atoms with Crippen molar-refractivity contribution in [3.05, 3.63) is 85.4 Å². The number of nitrogens with zero attached hydrogens (tertiary/aromatic N) is 3. The van der Waals surface area contributed by atoms with Crippen LogP contribution in [0.25, 0.3) is 10.9 Å². The number of H-pyrrole nitrogens is 1. The van der Waals surface area contributed by atoms with Crippen LogP contribution >= 0.6 is 15.9 Å². The summed E-state index contributed by atoms with van der Waals surface area (Å²) < 4.78 is 1.00. The highest BCUT2D eigenvalue weighted by Gasteiger charge is 2.11. The summed E-state index contributed by atoms with van der Waals surface area (Å²) in [6.07, 6.45) is 0.520. The van der Waals surface area contributed by atoms with E-state index in [1.807, 2.05) is 57.2 Å². The van der Waals surface area contributed by atoms with Crippen molar-refractivity contribution >= 4 is 38.7 Å². The van der Waals surface area contributed by atoms with E-state index in [1.165, 1.54) is 0 Å². The van der Waals surface area contributed by atoms with Gasteiger partial charge in [0.25, 0.3) is 5.56 Å². The lowest BCUT2D eigenvalue weighted by atomic mass is 10.1. The van der Waals surface area contributed by atoms with E-state index < -0.39 is 0 Å². The number of nitrogens with one attached hydrogen (secondary N) is 2. The number of aryl methyl sites for hydroxylation is 3. The van der Waals surface area contributed by atoms with Gasteiger partial charge in [-0.2, -0.15) is 0 Å². The molecule has 146 valence electrons. The van der Waals surface area contributed by atoms with Gasteiger partial charge in [-0.05, 0) is 50.6 Å². The fourth-order valence-corrected chi connectivity index (χ4v) is 3.51. The fraction of sp³-hybridized carbons (Fsp3) is 0.182. The van der Waals surface area contributed by atoms with Gasteiger partial charge in [0.2, 0.25) is 11.9 Å². The van der Waals surface area contributed by atoms with Gasteiger partial charge in [0.15, 0.2) is 0 Å². The summed E-state index contributed by atoms with van der Waals surface area (Å²) in [5.74, 6) is 0.736. The first-order valence-electron chi connectivity index (χ1n) is 9.25. The molecule has 29 heavy (non-hydrogen) atoms. The molecule has 0 aliphatic heterocycles. The normalized spacial score (nSPS) is 11.0. The Kier molecular flexibility index (Phi) is 5.15. The standard InChI is InChI=1S/C22H20BrN5O/c1-12-4-9-19-17(10-12)13(2)24-21(26-19)28-22-25-14(3)18(20(29)27-22)11-15-5-7-16(23)8-6-15/h4-10H,11H2,1-3H3,(H2,24,25,26,27,28,29). The lowest BCUT2D eigenvalue weighted by molar-refractivity contribution is 0.978. The van der Waals surface area contributed by atoms with Crippen molar-refractivity contribution in [3.8, 4) is 0 Å². The quantitative estimate of drug-likeness (QED) is 0.470. The number of benzene rings is 2. The molecule has 4 aromatic rings. The van der Waals surface area contributed by atoms with E-state index in [0.29, 0.717) is 29.6 Å². The van der Waals surface area contributed by atoms with Crippen LogP contribution in [0.15, 0.2) is 51.7 Å². The Hall–Kier alpha value is -3.06. The van der Waals surface area contributed by atoms with E-state index >= 15 is 0 Å². The van der Waals surface area contributed by atoms with Gasteiger partial charge in [-0.3, -0.25) is 15.1 Å². The van der Waals surface area contributed by atoms with E-state index in [2.05, 4.69) is 47.2 Å². The molecule has 4 rings (SSSR count). The minimum atomic E-state index is -0.170. The zero-order valence-corrected chi connectivity index (χ0v) is 18.0. The molecule has 0 amide bonds. The third kappa shape index (κ3) is 4.19. The van der Waals surface area contributed by atoms with Gasteiger partial charge in [0, 0.05) is 21.8 Å². The molecule has 2 N–H and O–H groups in total. The number of aromatic nitrogens is 4. The molecule has 0 spiro atoms. The Morgan fingerprint density at radius 2 is 1.72 bits per heavy atom. The molecule has 0 fully saturated rings. The molecular weight excluding hydrogens is 430 g/mol. The topological polar surface area (TPSA) is 83.6 Å². The Morgan fingerprint density at radius 3 is 2.45 bits per heavy atom. The number of fused-ring (bicyclic) bond motifs is 1. The summed E-state index contributed by atoms with van der Waals surface area (Å²) in [5, 5.41) is 4.05. The molecule has 2 aromatic carbocycles. The maximum Gasteiger partial charge on any atom is 0.256 e. The van der Waals surface area contributed by atoms with Crippen LogP contribution in [0, 0.1) is 20.8 Å². The zero-order valence-electron chi connectivity index (χ0n) is 16.4. The maximum absolute atomic E-state index is 12.7. The van der Waals surface area contributed by atoms with Crippen LogP contribution in [-0.2, 0) is 6.42 Å². The van der Waals surface area contributed by atoms with Crippen LogP contribution in [0.3, 0.4) is 0 Å². The molecule has 0 unspecified atom stereocenters. The first-order chi connectivity index (χ1) is 13.9. The molecule has 0 atom stereocenters. The number of rotatable bonds is 4. The molecule has 0 aliphatic rings. The molecule has 0 bridgehead atoms. The van der Waals surface area contributed by atoms with Gasteiger partial charge < -0.3 is 0 Å². The largest absolute Gasteiger partial charge is 0.294 e. The number of halogens is 1. The molecule has 2 aromatic heterocycles. The number of hydrogen-bond acceptors (Lipinski definition) is 5. The monoisotopic (exact) mass is 449 g/mol. The summed E-state index contributed by atoms with van der Waals surface area (Å²) >= 11 is 3.42. The second-order valence-corrected chi connectivity index (χ2v) is 7.98. The summed E-state index contributed by atoms with van der Waals surface area (Å²) in [7, 11) is 0. The predicted molar refractivity (Wildman–Crippen MR) is 119 cm³/mol. The molecule has 6 nitrogen and oxygen atoms in total. The Labute approximate surface area is 176 Å². The molecular formula is C22H20BrN5O. The second-order valence-electron chi connectivity index (χ2n) is 7.06. The van der Waals surface area contributed by atoms with Crippen molar-refractivity contribution in [2.75, 3.05) is 5.32 Å². The van der Waals surface area contributed by atoms with Crippen LogP contribution < -0.4 is 10.9 Å². The van der Waals surface area contributed by atoms with Gasteiger partial charge in [0.1, 0.15) is 0 Å². The minimum absolute atomic E-state index is 0.170. The summed E-state index contributed by atoms with van der Waals surface area (Å²) in [4.78, 5) is 29.0. The van der Waals surface area contributed by atoms with Crippen molar-refractivity contribution in [1.82, 2.24) is 19.9 Å². The summed E-state index contributed by atoms with van der Waals surface area (Å²) in [6.45, 7) is 5.82. The van der Waals surface area contributed by atoms with Crippen LogP contribution in [0.2, 0.25) is 0 Å². The average molecular weight is 450 g/mol. The van der Waals surface area contributed by atoms with E-state index in [0.717, 1.165) is 32.2 Å². The SMILES string of the molecule is Cc1ccc2nc(Nc3nc(C)c(Cc4ccc(Br)cc4)c(=O)[nH]3)nc(C)c2c1. The van der Waals surface area contributed by atoms with Crippen LogP contribution in [-0.4, -0.2) is 19.9 Å². The first kappa shape index (κ1) is 19.3. The molecule has 7 heteroatoms. The average Bonchev–Trinajstić information content (AvgIpc) is 2.67. The molecule has 0 saturated heterocycles. The maximum atomic E-state index is 12.7. The van der Waals surface area contributed by atoms with Crippen molar-refractivity contribution in [2.45, 2.75) is 27.2 Å². The number of hydrogen-bond donors (Lipinski definition) is 2. The third-order valence-electron chi connectivity index (χ3n) is 4.79. The van der Waals surface area contributed by atoms with E-state index in [9.17, 15) is 4.79 Å². The molecule has 2 heterocycles. The third-order valence-corrected chi connectivity index (χ3v) is 5.32. The fourth-order valence-electron chi connectivity index (χ4n) is 3.24. The van der Waals surface area contributed by atoms with Gasteiger partial charge in [0.05, 0.1) is 16.9 Å². The second kappa shape index (κ2) is 7.75. The van der Waals surface area contributed by atoms with E-state index in [1.54, 1.807) is 0 Å². The molecule has 0 saturated carbocycles. The first-order valence-corrected chi connectivity index (χ1v) is 10.0. The van der Waals surface area contributed by atoms with Crippen LogP contribution in [0.1, 0.15) is 28.1 Å². The summed E-state index contributed by atoms with van der Waals surface area (Å²) in [6, 6.07) is 13.9. The van der Waals surface area contributed by atoms with Crippen molar-refractivity contribution in [3.63, 3.8) is 0 Å². The van der Waals surface area contributed by atoms with Crippen LogP contribution in [0.5, 0.6) is 0 Å². The smallest absolute Gasteiger partial charge is 0.256 e. The minimum Gasteiger partial charge on any atom is -0.294 e.